The van der Waals surface area contributed by atoms with Crippen LogP contribution in [0.15, 0.2) is 22.7 Å². The molecule has 0 bridgehead atoms. The molecule has 1 aromatic rings. The summed E-state index contributed by atoms with van der Waals surface area (Å²) in [6, 6.07) is 5.23. The van der Waals surface area contributed by atoms with E-state index in [4.69, 9.17) is 0 Å². The van der Waals surface area contributed by atoms with Crippen molar-refractivity contribution in [1.82, 2.24) is 10.6 Å². The number of hydrogen-bond acceptors (Lipinski definition) is 3. The van der Waals surface area contributed by atoms with Crippen molar-refractivity contribution in [3.8, 4) is 5.75 Å². The summed E-state index contributed by atoms with van der Waals surface area (Å²) in [6.07, 6.45) is 1.90. The first-order valence-electron chi connectivity index (χ1n) is 5.65. The van der Waals surface area contributed by atoms with Crippen LogP contribution in [0.3, 0.4) is 0 Å². The Bertz CT molecular complexity index is 423. The van der Waals surface area contributed by atoms with Crippen molar-refractivity contribution in [3.05, 3.63) is 28.2 Å². The summed E-state index contributed by atoms with van der Waals surface area (Å²) in [4.78, 5) is 11.5. The van der Waals surface area contributed by atoms with E-state index >= 15 is 0 Å². The molecule has 1 aliphatic heterocycles. The number of nitrogens with one attached hydrogen (secondary N) is 2. The normalized spacial score (nSPS) is 20.1. The van der Waals surface area contributed by atoms with Gasteiger partial charge in [0.25, 0.3) is 0 Å². The van der Waals surface area contributed by atoms with Crippen molar-refractivity contribution in [3.63, 3.8) is 0 Å². The molecular formula is C12H15BrN2O2. The summed E-state index contributed by atoms with van der Waals surface area (Å²) in [7, 11) is 0. The van der Waals surface area contributed by atoms with Gasteiger partial charge in [-0.25, -0.2) is 0 Å². The second-order valence-corrected chi connectivity index (χ2v) is 5.01. The van der Waals surface area contributed by atoms with Gasteiger partial charge in [0.1, 0.15) is 5.75 Å². The standard InChI is InChI=1S/C12H15BrN2O2/c13-9-6-8(3-4-11(9)16)7-15-10-2-1-5-14-12(10)17/h3-4,6,10,15-16H,1-2,5,7H2,(H,14,17). The van der Waals surface area contributed by atoms with Gasteiger partial charge >= 0.3 is 0 Å². The number of piperidine rings is 1. The molecule has 0 spiro atoms. The van der Waals surface area contributed by atoms with E-state index in [1.165, 1.54) is 0 Å². The summed E-state index contributed by atoms with van der Waals surface area (Å²) in [5, 5.41) is 15.4. The molecule has 0 aliphatic carbocycles. The van der Waals surface area contributed by atoms with Gasteiger partial charge in [0.05, 0.1) is 10.5 Å². The Kier molecular flexibility index (Phi) is 4.02. The van der Waals surface area contributed by atoms with Gasteiger partial charge in [-0.05, 0) is 46.5 Å². The molecule has 17 heavy (non-hydrogen) atoms. The monoisotopic (exact) mass is 298 g/mol. The van der Waals surface area contributed by atoms with Crippen molar-refractivity contribution in [1.29, 1.82) is 0 Å². The zero-order valence-electron chi connectivity index (χ0n) is 9.37. The lowest BCUT2D eigenvalue weighted by Crippen LogP contribution is -2.47. The summed E-state index contributed by atoms with van der Waals surface area (Å²) >= 11 is 3.27. The molecule has 2 rings (SSSR count). The molecule has 0 aromatic heterocycles. The van der Waals surface area contributed by atoms with Crippen LogP contribution in [-0.2, 0) is 11.3 Å². The maximum atomic E-state index is 11.5. The predicted molar refractivity (Wildman–Crippen MR) is 68.7 cm³/mol. The second kappa shape index (κ2) is 5.51. The first-order chi connectivity index (χ1) is 8.16. The van der Waals surface area contributed by atoms with Gasteiger partial charge < -0.3 is 15.7 Å². The number of rotatable bonds is 3. The molecule has 0 radical (unpaired) electrons. The van der Waals surface area contributed by atoms with Crippen LogP contribution in [0.1, 0.15) is 18.4 Å². The van der Waals surface area contributed by atoms with E-state index in [0.717, 1.165) is 24.9 Å². The van der Waals surface area contributed by atoms with E-state index in [1.54, 1.807) is 6.07 Å². The minimum absolute atomic E-state index is 0.0779. The van der Waals surface area contributed by atoms with Gasteiger partial charge in [0.2, 0.25) is 5.91 Å². The Morgan fingerprint density at radius 1 is 1.53 bits per heavy atom. The lowest BCUT2D eigenvalue weighted by molar-refractivity contribution is -0.124. The molecule has 4 nitrogen and oxygen atoms in total. The lowest BCUT2D eigenvalue weighted by atomic mass is 10.1. The van der Waals surface area contributed by atoms with Gasteiger partial charge in [-0.15, -0.1) is 0 Å². The van der Waals surface area contributed by atoms with E-state index in [1.807, 2.05) is 12.1 Å². The number of benzene rings is 1. The number of phenols is 1. The molecule has 0 saturated carbocycles. The molecule has 1 aromatic carbocycles. The molecule has 1 aliphatic rings. The Hall–Kier alpha value is -1.07. The molecule has 3 N–H and O–H groups in total. The third-order valence-electron chi connectivity index (χ3n) is 2.85. The molecule has 1 heterocycles. The Labute approximate surface area is 109 Å². The highest BCUT2D eigenvalue weighted by Gasteiger charge is 2.20. The Balaban J connectivity index is 1.92. The maximum Gasteiger partial charge on any atom is 0.237 e. The second-order valence-electron chi connectivity index (χ2n) is 4.15. The fourth-order valence-corrected chi connectivity index (χ4v) is 2.29. The average Bonchev–Trinajstić information content (AvgIpc) is 2.32. The zero-order chi connectivity index (χ0) is 12.3. The summed E-state index contributed by atoms with van der Waals surface area (Å²) in [6.45, 7) is 1.40. The molecule has 5 heteroatoms. The van der Waals surface area contributed by atoms with Crippen molar-refractivity contribution in [2.24, 2.45) is 0 Å². The van der Waals surface area contributed by atoms with Gasteiger partial charge in [-0.1, -0.05) is 6.07 Å². The highest BCUT2D eigenvalue weighted by molar-refractivity contribution is 9.10. The topological polar surface area (TPSA) is 61.4 Å². The summed E-state index contributed by atoms with van der Waals surface area (Å²) < 4.78 is 0.671. The molecular weight excluding hydrogens is 284 g/mol. The SMILES string of the molecule is O=C1NCCCC1NCc1ccc(O)c(Br)c1. The first-order valence-corrected chi connectivity index (χ1v) is 6.44. The number of carbonyl (C=O) groups excluding carboxylic acids is 1. The zero-order valence-corrected chi connectivity index (χ0v) is 11.0. The van der Waals surface area contributed by atoms with Gasteiger partial charge in [0.15, 0.2) is 0 Å². The predicted octanol–water partition coefficient (Wildman–Crippen LogP) is 1.52. The van der Waals surface area contributed by atoms with E-state index in [0.29, 0.717) is 11.0 Å². The van der Waals surface area contributed by atoms with Crippen molar-refractivity contribution >= 4 is 21.8 Å². The highest BCUT2D eigenvalue weighted by Crippen LogP contribution is 2.24. The number of phenolic OH excluding ortho intramolecular Hbond substituents is 1. The van der Waals surface area contributed by atoms with Gasteiger partial charge in [0, 0.05) is 13.1 Å². The van der Waals surface area contributed by atoms with Crippen molar-refractivity contribution < 1.29 is 9.90 Å². The largest absolute Gasteiger partial charge is 0.507 e. The van der Waals surface area contributed by atoms with Gasteiger partial charge in [-0.2, -0.15) is 0 Å². The Morgan fingerprint density at radius 3 is 3.06 bits per heavy atom. The molecule has 92 valence electrons. The number of carbonyl (C=O) groups is 1. The van der Waals surface area contributed by atoms with Crippen LogP contribution in [0.25, 0.3) is 0 Å². The quantitative estimate of drug-likeness (QED) is 0.793. The molecule has 1 amide bonds. The lowest BCUT2D eigenvalue weighted by Gasteiger charge is -2.22. The maximum absolute atomic E-state index is 11.5. The molecule has 1 fully saturated rings. The minimum atomic E-state index is -0.101. The first kappa shape index (κ1) is 12.4. The molecule has 1 saturated heterocycles. The third-order valence-corrected chi connectivity index (χ3v) is 3.49. The number of amides is 1. The Morgan fingerprint density at radius 2 is 2.35 bits per heavy atom. The fraction of sp³-hybridized carbons (Fsp3) is 0.417. The van der Waals surface area contributed by atoms with Crippen LogP contribution in [0, 0.1) is 0 Å². The minimum Gasteiger partial charge on any atom is -0.507 e. The summed E-state index contributed by atoms with van der Waals surface area (Å²) in [5.74, 6) is 0.304. The van der Waals surface area contributed by atoms with Crippen LogP contribution < -0.4 is 10.6 Å². The number of aromatic hydroxyl groups is 1. The third kappa shape index (κ3) is 3.20. The fourth-order valence-electron chi connectivity index (χ4n) is 1.87. The summed E-state index contributed by atoms with van der Waals surface area (Å²) in [5.41, 5.74) is 1.04. The van der Waals surface area contributed by atoms with Crippen molar-refractivity contribution in [2.45, 2.75) is 25.4 Å². The average molecular weight is 299 g/mol. The van der Waals surface area contributed by atoms with E-state index in [9.17, 15) is 9.90 Å². The smallest absolute Gasteiger partial charge is 0.237 e. The van der Waals surface area contributed by atoms with Crippen LogP contribution in [-0.4, -0.2) is 23.6 Å². The van der Waals surface area contributed by atoms with Crippen LogP contribution in [0.4, 0.5) is 0 Å². The number of hydrogen-bond donors (Lipinski definition) is 3. The molecule has 1 atom stereocenters. The van der Waals surface area contributed by atoms with E-state index in [2.05, 4.69) is 26.6 Å². The van der Waals surface area contributed by atoms with Crippen LogP contribution >= 0.6 is 15.9 Å². The van der Waals surface area contributed by atoms with Crippen LogP contribution in [0.2, 0.25) is 0 Å². The highest BCUT2D eigenvalue weighted by atomic mass is 79.9. The number of halogens is 1. The van der Waals surface area contributed by atoms with E-state index in [-0.39, 0.29) is 17.7 Å². The molecule has 1 unspecified atom stereocenters. The van der Waals surface area contributed by atoms with Gasteiger partial charge in [-0.3, -0.25) is 4.79 Å². The van der Waals surface area contributed by atoms with Crippen LogP contribution in [0.5, 0.6) is 5.75 Å². The van der Waals surface area contributed by atoms with Crippen molar-refractivity contribution in [2.75, 3.05) is 6.54 Å². The van der Waals surface area contributed by atoms with E-state index < -0.39 is 0 Å².